The summed E-state index contributed by atoms with van der Waals surface area (Å²) in [6.45, 7) is -0.262. The molecule has 0 heterocycles. The van der Waals surface area contributed by atoms with Crippen molar-refractivity contribution in [2.75, 3.05) is 0 Å². The smallest absolute Gasteiger partial charge is 0.391 e. The zero-order chi connectivity index (χ0) is 16.9. The highest BCUT2D eigenvalue weighted by Crippen LogP contribution is 2.31. The second-order valence-electron chi connectivity index (χ2n) is 4.51. The summed E-state index contributed by atoms with van der Waals surface area (Å²) in [4.78, 5) is 4.82. The Hall–Kier alpha value is -2.88. The Kier molecular flexibility index (Phi) is 4.96. The quantitative estimate of drug-likeness (QED) is 0.479. The zero-order valence-electron chi connectivity index (χ0n) is 11.6. The SMILES string of the molecule is N#Cc1ccc(CO/N=C/c2ccccc2C(F)(F)F)c(F)c1. The highest BCUT2D eigenvalue weighted by atomic mass is 19.4. The van der Waals surface area contributed by atoms with E-state index in [0.717, 1.165) is 18.3 Å². The van der Waals surface area contributed by atoms with Crippen LogP contribution in [0.5, 0.6) is 0 Å². The minimum absolute atomic E-state index is 0.144. The van der Waals surface area contributed by atoms with Crippen molar-refractivity contribution in [2.24, 2.45) is 5.16 Å². The lowest BCUT2D eigenvalue weighted by Gasteiger charge is -2.09. The molecule has 0 aliphatic rings. The summed E-state index contributed by atoms with van der Waals surface area (Å²) in [6, 6.07) is 10.5. The van der Waals surface area contributed by atoms with Gasteiger partial charge in [0.2, 0.25) is 0 Å². The molecule has 0 saturated heterocycles. The monoisotopic (exact) mass is 322 g/mol. The van der Waals surface area contributed by atoms with Gasteiger partial charge in [0.25, 0.3) is 0 Å². The van der Waals surface area contributed by atoms with E-state index in [2.05, 4.69) is 5.16 Å². The number of halogens is 4. The van der Waals surface area contributed by atoms with Crippen molar-refractivity contribution in [1.82, 2.24) is 0 Å². The Bertz CT molecular complexity index is 763. The van der Waals surface area contributed by atoms with Crippen LogP contribution >= 0.6 is 0 Å². The van der Waals surface area contributed by atoms with Crippen LogP contribution in [0.25, 0.3) is 0 Å². The number of hydrogen-bond donors (Lipinski definition) is 0. The molecule has 0 aliphatic carbocycles. The van der Waals surface area contributed by atoms with E-state index in [0.29, 0.717) is 0 Å². The van der Waals surface area contributed by atoms with Gasteiger partial charge >= 0.3 is 6.18 Å². The van der Waals surface area contributed by atoms with Crippen LogP contribution in [0.3, 0.4) is 0 Å². The molecule has 23 heavy (non-hydrogen) atoms. The molecule has 3 nitrogen and oxygen atoms in total. The average molecular weight is 322 g/mol. The lowest BCUT2D eigenvalue weighted by molar-refractivity contribution is -0.137. The number of hydrogen-bond acceptors (Lipinski definition) is 3. The van der Waals surface area contributed by atoms with Crippen molar-refractivity contribution >= 4 is 6.21 Å². The molecule has 7 heteroatoms. The molecule has 2 rings (SSSR count). The lowest BCUT2D eigenvalue weighted by atomic mass is 10.1. The van der Waals surface area contributed by atoms with Gasteiger partial charge < -0.3 is 4.84 Å². The molecule has 0 spiro atoms. The van der Waals surface area contributed by atoms with Gasteiger partial charge in [0, 0.05) is 11.1 Å². The van der Waals surface area contributed by atoms with Crippen LogP contribution in [0.1, 0.15) is 22.3 Å². The average Bonchev–Trinajstić information content (AvgIpc) is 2.52. The molecule has 0 aliphatic heterocycles. The number of rotatable bonds is 4. The summed E-state index contributed by atoms with van der Waals surface area (Å²) < 4.78 is 51.9. The van der Waals surface area contributed by atoms with E-state index < -0.39 is 17.6 Å². The molecule has 0 bridgehead atoms. The first-order valence-electron chi connectivity index (χ1n) is 6.42. The normalized spacial score (nSPS) is 11.4. The Labute approximate surface area is 129 Å². The largest absolute Gasteiger partial charge is 0.417 e. The third-order valence-corrected chi connectivity index (χ3v) is 2.93. The molecule has 0 atom stereocenters. The minimum atomic E-state index is -4.50. The van der Waals surface area contributed by atoms with E-state index >= 15 is 0 Å². The second kappa shape index (κ2) is 6.92. The Morgan fingerprint density at radius 3 is 2.57 bits per heavy atom. The molecule has 0 fully saturated rings. The van der Waals surface area contributed by atoms with Gasteiger partial charge in [-0.15, -0.1) is 0 Å². The maximum atomic E-state index is 13.6. The van der Waals surface area contributed by atoms with Crippen molar-refractivity contribution in [3.63, 3.8) is 0 Å². The fourth-order valence-corrected chi connectivity index (χ4v) is 1.80. The van der Waals surface area contributed by atoms with Gasteiger partial charge in [0.1, 0.15) is 12.4 Å². The highest BCUT2D eigenvalue weighted by Gasteiger charge is 2.32. The summed E-state index contributed by atoms with van der Waals surface area (Å²) in [5.41, 5.74) is -0.684. The molecule has 2 aromatic rings. The lowest BCUT2D eigenvalue weighted by Crippen LogP contribution is -2.08. The van der Waals surface area contributed by atoms with Crippen molar-refractivity contribution in [3.8, 4) is 6.07 Å². The predicted molar refractivity (Wildman–Crippen MR) is 74.9 cm³/mol. The first-order chi connectivity index (χ1) is 10.9. The standard InChI is InChI=1S/C16H10F4N2O/c17-15-7-11(8-21)5-6-13(15)10-23-22-9-12-3-1-2-4-14(12)16(18,19)20/h1-7,9H,10H2/b22-9+. The fraction of sp³-hybridized carbons (Fsp3) is 0.125. The third kappa shape index (κ3) is 4.30. The van der Waals surface area contributed by atoms with E-state index in [4.69, 9.17) is 10.1 Å². The van der Waals surface area contributed by atoms with Crippen LogP contribution in [-0.4, -0.2) is 6.21 Å². The van der Waals surface area contributed by atoms with E-state index in [9.17, 15) is 17.6 Å². The van der Waals surface area contributed by atoms with E-state index in [1.807, 2.05) is 0 Å². The highest BCUT2D eigenvalue weighted by molar-refractivity contribution is 5.81. The summed E-state index contributed by atoms with van der Waals surface area (Å²) in [7, 11) is 0. The molecule has 0 unspecified atom stereocenters. The fourth-order valence-electron chi connectivity index (χ4n) is 1.80. The van der Waals surface area contributed by atoms with Crippen LogP contribution in [-0.2, 0) is 17.6 Å². The van der Waals surface area contributed by atoms with Crippen molar-refractivity contribution in [3.05, 3.63) is 70.5 Å². The Balaban J connectivity index is 2.05. The summed E-state index contributed by atoms with van der Waals surface area (Å²) in [5.74, 6) is -0.644. The molecule has 118 valence electrons. The number of benzene rings is 2. The van der Waals surface area contributed by atoms with Gasteiger partial charge in [0.15, 0.2) is 0 Å². The predicted octanol–water partition coefficient (Wildman–Crippen LogP) is 4.27. The number of nitrogens with zero attached hydrogens (tertiary/aromatic N) is 2. The van der Waals surface area contributed by atoms with E-state index in [-0.39, 0.29) is 23.3 Å². The van der Waals surface area contributed by atoms with Gasteiger partial charge in [-0.05, 0) is 18.2 Å². The van der Waals surface area contributed by atoms with Gasteiger partial charge in [0.05, 0.1) is 23.4 Å². The van der Waals surface area contributed by atoms with Crippen LogP contribution in [0, 0.1) is 17.1 Å². The summed E-state index contributed by atoms with van der Waals surface area (Å²) in [6.07, 6.45) is -3.58. The zero-order valence-corrected chi connectivity index (χ0v) is 11.6. The molecule has 0 aromatic heterocycles. The molecule has 2 aromatic carbocycles. The van der Waals surface area contributed by atoms with Crippen LogP contribution in [0.4, 0.5) is 17.6 Å². The third-order valence-electron chi connectivity index (χ3n) is 2.93. The number of alkyl halides is 3. The Morgan fingerprint density at radius 2 is 1.91 bits per heavy atom. The van der Waals surface area contributed by atoms with Gasteiger partial charge in [-0.25, -0.2) is 4.39 Å². The molecule has 0 N–H and O–H groups in total. The first kappa shape index (κ1) is 16.5. The number of nitriles is 1. The molecule has 0 radical (unpaired) electrons. The maximum absolute atomic E-state index is 13.6. The summed E-state index contributed by atoms with van der Waals surface area (Å²) >= 11 is 0. The topological polar surface area (TPSA) is 45.4 Å². The van der Waals surface area contributed by atoms with Gasteiger partial charge in [-0.1, -0.05) is 29.4 Å². The van der Waals surface area contributed by atoms with E-state index in [1.54, 1.807) is 6.07 Å². The number of oxime groups is 1. The maximum Gasteiger partial charge on any atom is 0.417 e. The second-order valence-corrected chi connectivity index (χ2v) is 4.51. The van der Waals surface area contributed by atoms with Crippen molar-refractivity contribution in [2.45, 2.75) is 12.8 Å². The summed E-state index contributed by atoms with van der Waals surface area (Å²) in [5, 5.41) is 12.1. The molecular formula is C16H10F4N2O. The van der Waals surface area contributed by atoms with Crippen LogP contribution in [0.15, 0.2) is 47.6 Å². The molecule has 0 saturated carbocycles. The first-order valence-corrected chi connectivity index (χ1v) is 6.42. The van der Waals surface area contributed by atoms with Gasteiger partial charge in [-0.3, -0.25) is 0 Å². The van der Waals surface area contributed by atoms with Crippen molar-refractivity contribution < 1.29 is 22.4 Å². The Morgan fingerprint density at radius 1 is 1.17 bits per heavy atom. The molecule has 0 amide bonds. The van der Waals surface area contributed by atoms with Crippen LogP contribution < -0.4 is 0 Å². The minimum Gasteiger partial charge on any atom is -0.391 e. The van der Waals surface area contributed by atoms with E-state index in [1.165, 1.54) is 30.3 Å². The van der Waals surface area contributed by atoms with Gasteiger partial charge in [-0.2, -0.15) is 18.4 Å². The van der Waals surface area contributed by atoms with Crippen molar-refractivity contribution in [1.29, 1.82) is 5.26 Å². The van der Waals surface area contributed by atoms with Crippen LogP contribution in [0.2, 0.25) is 0 Å². The molecular weight excluding hydrogens is 312 g/mol.